The molecule has 0 radical (unpaired) electrons. The van der Waals surface area contributed by atoms with Gasteiger partial charge in [0.05, 0.1) is 40.1 Å². The number of nitro groups is 2. The number of nitrogens with one attached hydrogen (secondary N) is 1. The van der Waals surface area contributed by atoms with E-state index in [0.29, 0.717) is 5.70 Å². The highest BCUT2D eigenvalue weighted by atomic mass is 32.2. The van der Waals surface area contributed by atoms with Crippen LogP contribution in [-0.4, -0.2) is 45.9 Å². The summed E-state index contributed by atoms with van der Waals surface area (Å²) in [7, 11) is 0. The van der Waals surface area contributed by atoms with Crippen molar-refractivity contribution >= 4 is 40.2 Å². The van der Waals surface area contributed by atoms with Gasteiger partial charge in [-0.2, -0.15) is 0 Å². The molecule has 204 valence electrons. The second-order valence-electron chi connectivity index (χ2n) is 8.17. The Bertz CT molecular complexity index is 1400. The van der Waals surface area contributed by atoms with Crippen molar-refractivity contribution in [3.8, 4) is 0 Å². The monoisotopic (exact) mass is 555 g/mol. The van der Waals surface area contributed by atoms with Crippen LogP contribution in [0.15, 0.2) is 71.1 Å². The maximum atomic E-state index is 13.3. The van der Waals surface area contributed by atoms with Crippen LogP contribution in [0.4, 0.5) is 11.4 Å². The molecule has 3 rings (SSSR count). The van der Waals surface area contributed by atoms with Gasteiger partial charge in [0.15, 0.2) is 0 Å². The van der Waals surface area contributed by atoms with E-state index in [1.165, 1.54) is 36.4 Å². The van der Waals surface area contributed by atoms with Crippen molar-refractivity contribution in [2.75, 3.05) is 19.0 Å². The Labute approximate surface area is 227 Å². The summed E-state index contributed by atoms with van der Waals surface area (Å²) in [5.74, 6) is -2.68. The van der Waals surface area contributed by atoms with Crippen LogP contribution in [0.2, 0.25) is 0 Å². The molecule has 0 amide bonds. The van der Waals surface area contributed by atoms with E-state index in [1.807, 2.05) is 0 Å². The van der Waals surface area contributed by atoms with Gasteiger partial charge in [0.25, 0.3) is 11.4 Å². The molecule has 1 unspecified atom stereocenters. The van der Waals surface area contributed by atoms with Gasteiger partial charge < -0.3 is 14.8 Å². The maximum Gasteiger partial charge on any atom is 0.336 e. The molecule has 1 heterocycles. The number of nitro benzene ring substituents is 2. The smallest absolute Gasteiger partial charge is 0.336 e. The first kappa shape index (κ1) is 29.0. The average Bonchev–Trinajstić information content (AvgIpc) is 2.91. The number of nitrogens with zero attached hydrogens (tertiary/aromatic N) is 2. The summed E-state index contributed by atoms with van der Waals surface area (Å²) in [6, 6.07) is 10.8. The molecule has 1 aliphatic rings. The molecule has 0 aromatic heterocycles. The minimum absolute atomic E-state index is 0.00840. The van der Waals surface area contributed by atoms with Crippen LogP contribution in [0, 0.1) is 20.2 Å². The highest BCUT2D eigenvalue weighted by Gasteiger charge is 2.39. The van der Waals surface area contributed by atoms with Gasteiger partial charge >= 0.3 is 11.9 Å². The summed E-state index contributed by atoms with van der Waals surface area (Å²) in [5.41, 5.74) is 0.529. The molecule has 1 atom stereocenters. The number of allylic oxidation sites excluding steroid dienone is 1. The minimum atomic E-state index is -1.09. The van der Waals surface area contributed by atoms with E-state index in [0.717, 1.165) is 17.8 Å². The Morgan fingerprint density at radius 1 is 0.897 bits per heavy atom. The van der Waals surface area contributed by atoms with E-state index in [1.54, 1.807) is 26.8 Å². The van der Waals surface area contributed by atoms with E-state index >= 15 is 0 Å². The summed E-state index contributed by atoms with van der Waals surface area (Å²) in [6.07, 6.45) is 0. The first-order chi connectivity index (χ1) is 18.6. The molecular weight excluding hydrogens is 530 g/mol. The molecule has 2 aromatic rings. The molecule has 0 aliphatic carbocycles. The summed E-state index contributed by atoms with van der Waals surface area (Å²) in [4.78, 5) is 60.6. The fourth-order valence-corrected chi connectivity index (χ4v) is 4.86. The van der Waals surface area contributed by atoms with Crippen LogP contribution in [0.25, 0.3) is 0 Å². The number of dihydropyridines is 1. The van der Waals surface area contributed by atoms with Crippen molar-refractivity contribution in [1.29, 1.82) is 0 Å². The molecular formula is C26H25N3O9S. The van der Waals surface area contributed by atoms with Crippen LogP contribution in [0.1, 0.15) is 42.6 Å². The molecule has 1 aliphatic heterocycles. The molecule has 2 aromatic carbocycles. The molecule has 0 spiro atoms. The summed E-state index contributed by atoms with van der Waals surface area (Å²) >= 11 is 0.786. The van der Waals surface area contributed by atoms with Crippen molar-refractivity contribution in [3.63, 3.8) is 0 Å². The Balaban J connectivity index is 2.11. The quantitative estimate of drug-likeness (QED) is 0.250. The van der Waals surface area contributed by atoms with Crippen LogP contribution in [-0.2, 0) is 19.1 Å². The minimum Gasteiger partial charge on any atom is -0.463 e. The summed E-state index contributed by atoms with van der Waals surface area (Å²) in [6.45, 7) is 4.87. The lowest BCUT2D eigenvalue weighted by molar-refractivity contribution is -0.385. The zero-order chi connectivity index (χ0) is 28.7. The Morgan fingerprint density at radius 2 is 1.46 bits per heavy atom. The van der Waals surface area contributed by atoms with Crippen molar-refractivity contribution in [2.24, 2.45) is 0 Å². The number of rotatable bonds is 10. The third-order valence-corrected chi connectivity index (χ3v) is 6.62. The normalized spacial score (nSPS) is 14.9. The number of carbonyl (C=O) groups excluding carboxylic acids is 3. The number of ether oxygens (including phenoxy) is 2. The number of hydrogen-bond acceptors (Lipinski definition) is 11. The summed E-state index contributed by atoms with van der Waals surface area (Å²) < 4.78 is 10.5. The largest absolute Gasteiger partial charge is 0.463 e. The maximum absolute atomic E-state index is 13.3. The highest BCUT2D eigenvalue weighted by molar-refractivity contribution is 8.14. The van der Waals surface area contributed by atoms with Crippen molar-refractivity contribution < 1.29 is 33.7 Å². The Hall–Kier alpha value is -4.52. The fraction of sp³-hybridized carbons (Fsp3) is 0.269. The first-order valence-corrected chi connectivity index (χ1v) is 12.8. The topological polar surface area (TPSA) is 168 Å². The van der Waals surface area contributed by atoms with Gasteiger partial charge in [0, 0.05) is 47.0 Å². The van der Waals surface area contributed by atoms with Gasteiger partial charge in [-0.3, -0.25) is 25.0 Å². The van der Waals surface area contributed by atoms with Crippen LogP contribution in [0.5, 0.6) is 0 Å². The zero-order valence-electron chi connectivity index (χ0n) is 21.3. The van der Waals surface area contributed by atoms with Crippen molar-refractivity contribution in [3.05, 3.63) is 102 Å². The van der Waals surface area contributed by atoms with E-state index in [2.05, 4.69) is 5.32 Å². The zero-order valence-corrected chi connectivity index (χ0v) is 22.1. The third-order valence-electron chi connectivity index (χ3n) is 5.69. The van der Waals surface area contributed by atoms with E-state index in [9.17, 15) is 34.6 Å². The van der Waals surface area contributed by atoms with Gasteiger partial charge in [-0.25, -0.2) is 9.59 Å². The molecule has 0 saturated carbocycles. The lowest BCUT2D eigenvalue weighted by atomic mass is 9.80. The summed E-state index contributed by atoms with van der Waals surface area (Å²) in [5, 5.41) is 25.1. The number of esters is 2. The van der Waals surface area contributed by atoms with Crippen molar-refractivity contribution in [2.45, 2.75) is 26.7 Å². The third kappa shape index (κ3) is 6.68. The van der Waals surface area contributed by atoms with E-state index in [4.69, 9.17) is 9.47 Å². The molecule has 1 N–H and O–H groups in total. The van der Waals surface area contributed by atoms with Crippen molar-refractivity contribution in [1.82, 2.24) is 5.32 Å². The second-order valence-corrected chi connectivity index (χ2v) is 9.11. The van der Waals surface area contributed by atoms with Gasteiger partial charge in [0.1, 0.15) is 0 Å². The second kappa shape index (κ2) is 12.8. The lowest BCUT2D eigenvalue weighted by Crippen LogP contribution is -2.34. The molecule has 39 heavy (non-hydrogen) atoms. The van der Waals surface area contributed by atoms with Crippen LogP contribution < -0.4 is 5.32 Å². The average molecular weight is 556 g/mol. The van der Waals surface area contributed by atoms with Crippen LogP contribution >= 0.6 is 11.8 Å². The number of benzene rings is 2. The Morgan fingerprint density at radius 3 is 2.05 bits per heavy atom. The van der Waals surface area contributed by atoms with Gasteiger partial charge in [0.2, 0.25) is 5.12 Å². The number of hydrogen-bond donors (Lipinski definition) is 1. The fourth-order valence-electron chi connectivity index (χ4n) is 4.06. The first-order valence-electron chi connectivity index (χ1n) is 11.8. The lowest BCUT2D eigenvalue weighted by Gasteiger charge is -2.31. The van der Waals surface area contributed by atoms with E-state index in [-0.39, 0.29) is 58.3 Å². The standard InChI is InChI=1S/C26H25N3O9S/c1-4-37-24(30)21-15(3)27-20(14-39-26(32)17-9-7-11-19(13-17)29(35)36)23(25(31)38-5-2)22(21)16-8-6-10-18(12-16)28(33)34/h6-13,22,27H,4-5,14H2,1-3H3. The number of non-ortho nitro benzene ring substituents is 2. The predicted molar refractivity (Wildman–Crippen MR) is 142 cm³/mol. The highest BCUT2D eigenvalue weighted by Crippen LogP contribution is 2.41. The molecule has 0 bridgehead atoms. The Kier molecular flexibility index (Phi) is 9.55. The molecule has 13 heteroatoms. The SMILES string of the molecule is CCOC(=O)C1=C(C)NC(CSC(=O)c2cccc([N+](=O)[O-])c2)=C(C(=O)OCC)C1c1cccc([N+](=O)[O-])c1. The predicted octanol–water partition coefficient (Wildman–Crippen LogP) is 4.42. The van der Waals surface area contributed by atoms with Gasteiger partial charge in [-0.15, -0.1) is 0 Å². The van der Waals surface area contributed by atoms with Gasteiger partial charge in [-0.05, 0) is 32.4 Å². The molecule has 0 saturated heterocycles. The van der Waals surface area contributed by atoms with Crippen LogP contribution in [0.3, 0.4) is 0 Å². The van der Waals surface area contributed by atoms with E-state index < -0.39 is 32.8 Å². The molecule has 12 nitrogen and oxygen atoms in total. The number of thioether (sulfide) groups is 1. The number of carbonyl (C=O) groups is 3. The van der Waals surface area contributed by atoms with Gasteiger partial charge in [-0.1, -0.05) is 30.0 Å². The molecule has 0 fully saturated rings.